The lowest BCUT2D eigenvalue weighted by molar-refractivity contribution is 0.163. The molecule has 108 valence electrons. The van der Waals surface area contributed by atoms with Crippen LogP contribution < -0.4 is 5.32 Å². The summed E-state index contributed by atoms with van der Waals surface area (Å²) in [5.74, 6) is 0.901. The van der Waals surface area contributed by atoms with E-state index in [0.717, 1.165) is 12.4 Å². The van der Waals surface area contributed by atoms with Crippen LogP contribution in [0, 0.1) is 0 Å². The van der Waals surface area contributed by atoms with Crippen molar-refractivity contribution < 1.29 is 4.74 Å². The molecule has 2 aromatic rings. The van der Waals surface area contributed by atoms with Gasteiger partial charge in [0, 0.05) is 25.5 Å². The summed E-state index contributed by atoms with van der Waals surface area (Å²) in [7, 11) is 1.72. The maximum atomic E-state index is 5.21. The molecule has 0 aliphatic carbocycles. The van der Waals surface area contributed by atoms with Crippen LogP contribution in [0.3, 0.4) is 0 Å². The van der Waals surface area contributed by atoms with Crippen LogP contribution in [0.5, 0.6) is 0 Å². The zero-order valence-electron chi connectivity index (χ0n) is 12.4. The molecule has 2 rings (SSSR count). The lowest BCUT2D eigenvalue weighted by atomic mass is 10.1. The SMILES string of the molecule is COCC(C)n1ccnc1NC(C)Cc1ccccc1. The quantitative estimate of drug-likeness (QED) is 0.842. The summed E-state index contributed by atoms with van der Waals surface area (Å²) >= 11 is 0. The first-order valence-corrected chi connectivity index (χ1v) is 7.03. The largest absolute Gasteiger partial charge is 0.383 e. The van der Waals surface area contributed by atoms with Crippen molar-refractivity contribution in [1.82, 2.24) is 9.55 Å². The molecule has 0 fully saturated rings. The van der Waals surface area contributed by atoms with Crippen LogP contribution in [0.1, 0.15) is 25.5 Å². The summed E-state index contributed by atoms with van der Waals surface area (Å²) < 4.78 is 7.32. The second-order valence-electron chi connectivity index (χ2n) is 5.20. The molecule has 0 aliphatic heterocycles. The van der Waals surface area contributed by atoms with Crippen molar-refractivity contribution in [3.63, 3.8) is 0 Å². The Hall–Kier alpha value is -1.81. The van der Waals surface area contributed by atoms with E-state index in [2.05, 4.69) is 53.0 Å². The number of hydrogen-bond acceptors (Lipinski definition) is 3. The van der Waals surface area contributed by atoms with Crippen molar-refractivity contribution in [2.45, 2.75) is 32.4 Å². The average molecular weight is 273 g/mol. The lowest BCUT2D eigenvalue weighted by Crippen LogP contribution is -2.22. The van der Waals surface area contributed by atoms with Crippen molar-refractivity contribution >= 4 is 5.95 Å². The number of methoxy groups -OCH3 is 1. The monoisotopic (exact) mass is 273 g/mol. The second-order valence-corrected chi connectivity index (χ2v) is 5.20. The Kier molecular flexibility index (Phi) is 5.18. The van der Waals surface area contributed by atoms with Crippen molar-refractivity contribution in [2.75, 3.05) is 19.0 Å². The van der Waals surface area contributed by atoms with E-state index in [4.69, 9.17) is 4.74 Å². The number of nitrogens with zero attached hydrogens (tertiary/aromatic N) is 2. The Morgan fingerprint density at radius 3 is 2.70 bits per heavy atom. The Bertz CT molecular complexity index is 509. The fourth-order valence-corrected chi connectivity index (χ4v) is 2.34. The number of aromatic nitrogens is 2. The number of rotatable bonds is 7. The highest BCUT2D eigenvalue weighted by Crippen LogP contribution is 2.15. The Labute approximate surface area is 120 Å². The second kappa shape index (κ2) is 7.10. The molecule has 1 N–H and O–H groups in total. The molecule has 1 heterocycles. The number of benzene rings is 1. The molecule has 0 spiro atoms. The third-order valence-corrected chi connectivity index (χ3v) is 3.31. The van der Waals surface area contributed by atoms with E-state index in [1.165, 1.54) is 5.56 Å². The van der Waals surface area contributed by atoms with Crippen LogP contribution >= 0.6 is 0 Å². The van der Waals surface area contributed by atoms with Crippen LogP contribution in [-0.4, -0.2) is 29.3 Å². The molecular weight excluding hydrogens is 250 g/mol. The minimum Gasteiger partial charge on any atom is -0.383 e. The zero-order chi connectivity index (χ0) is 14.4. The number of ether oxygens (including phenoxy) is 1. The normalized spacial score (nSPS) is 13.9. The molecule has 0 aliphatic rings. The van der Waals surface area contributed by atoms with E-state index < -0.39 is 0 Å². The highest BCUT2D eigenvalue weighted by Gasteiger charge is 2.12. The van der Waals surface area contributed by atoms with E-state index in [0.29, 0.717) is 12.6 Å². The first kappa shape index (κ1) is 14.6. The molecule has 1 aromatic heterocycles. The van der Waals surface area contributed by atoms with Gasteiger partial charge in [0.2, 0.25) is 5.95 Å². The molecule has 4 nitrogen and oxygen atoms in total. The van der Waals surface area contributed by atoms with Gasteiger partial charge in [0.1, 0.15) is 0 Å². The fraction of sp³-hybridized carbons (Fsp3) is 0.438. The predicted molar refractivity (Wildman–Crippen MR) is 82.0 cm³/mol. The van der Waals surface area contributed by atoms with Crippen molar-refractivity contribution in [3.8, 4) is 0 Å². The van der Waals surface area contributed by atoms with E-state index in [1.807, 2.05) is 18.5 Å². The summed E-state index contributed by atoms with van der Waals surface area (Å²) in [5, 5.41) is 3.47. The number of anilines is 1. The molecule has 0 amide bonds. The highest BCUT2D eigenvalue weighted by molar-refractivity contribution is 5.29. The first-order valence-electron chi connectivity index (χ1n) is 7.03. The van der Waals surface area contributed by atoms with E-state index in [9.17, 15) is 0 Å². The van der Waals surface area contributed by atoms with Gasteiger partial charge in [-0.1, -0.05) is 30.3 Å². The molecule has 2 unspecified atom stereocenters. The molecule has 0 saturated carbocycles. The maximum Gasteiger partial charge on any atom is 0.203 e. The van der Waals surface area contributed by atoms with Crippen molar-refractivity contribution in [1.29, 1.82) is 0 Å². The molecule has 1 aromatic carbocycles. The van der Waals surface area contributed by atoms with Gasteiger partial charge in [0.05, 0.1) is 12.6 Å². The van der Waals surface area contributed by atoms with Crippen LogP contribution in [-0.2, 0) is 11.2 Å². The van der Waals surface area contributed by atoms with Crippen LogP contribution in [0.2, 0.25) is 0 Å². The fourth-order valence-electron chi connectivity index (χ4n) is 2.34. The Morgan fingerprint density at radius 2 is 2.00 bits per heavy atom. The number of nitrogens with one attached hydrogen (secondary N) is 1. The van der Waals surface area contributed by atoms with Gasteiger partial charge >= 0.3 is 0 Å². The topological polar surface area (TPSA) is 39.1 Å². The summed E-state index contributed by atoms with van der Waals surface area (Å²) in [6.45, 7) is 4.98. The highest BCUT2D eigenvalue weighted by atomic mass is 16.5. The molecule has 2 atom stereocenters. The minimum atomic E-state index is 0.272. The summed E-state index contributed by atoms with van der Waals surface area (Å²) in [6, 6.07) is 11.1. The van der Waals surface area contributed by atoms with Crippen LogP contribution in [0.25, 0.3) is 0 Å². The molecule has 0 radical (unpaired) electrons. The molecule has 0 bridgehead atoms. The molecule has 20 heavy (non-hydrogen) atoms. The van der Waals surface area contributed by atoms with Crippen molar-refractivity contribution in [2.24, 2.45) is 0 Å². The van der Waals surface area contributed by atoms with Gasteiger partial charge < -0.3 is 14.6 Å². The Morgan fingerprint density at radius 1 is 1.25 bits per heavy atom. The zero-order valence-corrected chi connectivity index (χ0v) is 12.4. The Balaban J connectivity index is 1.98. The maximum absolute atomic E-state index is 5.21. The first-order chi connectivity index (χ1) is 9.70. The molecule has 4 heteroatoms. The van der Waals surface area contributed by atoms with E-state index in [1.54, 1.807) is 7.11 Å². The van der Waals surface area contributed by atoms with Gasteiger partial charge in [-0.15, -0.1) is 0 Å². The van der Waals surface area contributed by atoms with Gasteiger partial charge in [-0.3, -0.25) is 0 Å². The average Bonchev–Trinajstić information content (AvgIpc) is 2.88. The van der Waals surface area contributed by atoms with E-state index >= 15 is 0 Å². The van der Waals surface area contributed by atoms with Gasteiger partial charge in [-0.2, -0.15) is 0 Å². The minimum absolute atomic E-state index is 0.272. The van der Waals surface area contributed by atoms with Crippen LogP contribution in [0.15, 0.2) is 42.7 Å². The summed E-state index contributed by atoms with van der Waals surface area (Å²) in [6.07, 6.45) is 4.79. The van der Waals surface area contributed by atoms with Gasteiger partial charge in [-0.25, -0.2) is 4.98 Å². The van der Waals surface area contributed by atoms with Crippen molar-refractivity contribution in [3.05, 3.63) is 48.3 Å². The molecular formula is C16H23N3O. The predicted octanol–water partition coefficient (Wildman–Crippen LogP) is 3.13. The van der Waals surface area contributed by atoms with Gasteiger partial charge in [0.15, 0.2) is 0 Å². The standard InChI is InChI=1S/C16H23N3O/c1-13(11-15-7-5-4-6-8-15)18-16-17-9-10-19(16)14(2)12-20-3/h4-10,13-14H,11-12H2,1-3H3,(H,17,18). The smallest absolute Gasteiger partial charge is 0.203 e. The van der Waals surface area contributed by atoms with Gasteiger partial charge in [0.25, 0.3) is 0 Å². The third kappa shape index (κ3) is 3.84. The van der Waals surface area contributed by atoms with E-state index in [-0.39, 0.29) is 6.04 Å². The van der Waals surface area contributed by atoms with Gasteiger partial charge in [-0.05, 0) is 25.8 Å². The number of imidazole rings is 1. The summed E-state index contributed by atoms with van der Waals surface area (Å²) in [4.78, 5) is 4.40. The summed E-state index contributed by atoms with van der Waals surface area (Å²) in [5.41, 5.74) is 1.33. The third-order valence-electron chi connectivity index (χ3n) is 3.31. The number of hydrogen-bond donors (Lipinski definition) is 1. The lowest BCUT2D eigenvalue weighted by Gasteiger charge is -2.19. The van der Waals surface area contributed by atoms with Crippen LogP contribution in [0.4, 0.5) is 5.95 Å². The molecule has 0 saturated heterocycles.